The average molecular weight is 395 g/mol. The van der Waals surface area contributed by atoms with E-state index < -0.39 is 0 Å². The SMILES string of the molecule is CCC(N)Cc1cc(Br)c(OCCCOC)c(Br)c1. The second-order valence-corrected chi connectivity index (χ2v) is 6.16. The Labute approximate surface area is 132 Å². The lowest BCUT2D eigenvalue weighted by Gasteiger charge is -2.14. The van der Waals surface area contributed by atoms with Gasteiger partial charge in [0.1, 0.15) is 5.75 Å². The van der Waals surface area contributed by atoms with Crippen molar-refractivity contribution in [1.29, 1.82) is 0 Å². The minimum absolute atomic E-state index is 0.201. The molecule has 108 valence electrons. The van der Waals surface area contributed by atoms with Gasteiger partial charge in [-0.3, -0.25) is 0 Å². The van der Waals surface area contributed by atoms with Crippen LogP contribution >= 0.6 is 31.9 Å². The molecule has 0 amide bonds. The van der Waals surface area contributed by atoms with Gasteiger partial charge in [-0.2, -0.15) is 0 Å². The summed E-state index contributed by atoms with van der Waals surface area (Å²) in [5, 5.41) is 0. The van der Waals surface area contributed by atoms with E-state index in [1.54, 1.807) is 7.11 Å². The van der Waals surface area contributed by atoms with Gasteiger partial charge < -0.3 is 15.2 Å². The number of halogens is 2. The maximum atomic E-state index is 5.98. The summed E-state index contributed by atoms with van der Waals surface area (Å²) in [6.45, 7) is 3.44. The summed E-state index contributed by atoms with van der Waals surface area (Å²) in [4.78, 5) is 0. The number of nitrogens with two attached hydrogens (primary N) is 1. The molecule has 5 heteroatoms. The van der Waals surface area contributed by atoms with Gasteiger partial charge in [0.15, 0.2) is 0 Å². The molecule has 0 saturated heterocycles. The second-order valence-electron chi connectivity index (χ2n) is 4.46. The first-order chi connectivity index (χ1) is 9.08. The van der Waals surface area contributed by atoms with Crippen LogP contribution in [0.1, 0.15) is 25.3 Å². The molecule has 1 aromatic carbocycles. The quantitative estimate of drug-likeness (QED) is 0.680. The maximum absolute atomic E-state index is 5.98. The van der Waals surface area contributed by atoms with E-state index >= 15 is 0 Å². The molecule has 0 aliphatic heterocycles. The van der Waals surface area contributed by atoms with Crippen molar-refractivity contribution >= 4 is 31.9 Å². The minimum atomic E-state index is 0.201. The molecule has 19 heavy (non-hydrogen) atoms. The van der Waals surface area contributed by atoms with E-state index in [-0.39, 0.29) is 6.04 Å². The van der Waals surface area contributed by atoms with Crippen molar-refractivity contribution < 1.29 is 9.47 Å². The second kappa shape index (κ2) is 8.95. The minimum Gasteiger partial charge on any atom is -0.491 e. The molecule has 3 nitrogen and oxygen atoms in total. The van der Waals surface area contributed by atoms with Crippen molar-refractivity contribution in [1.82, 2.24) is 0 Å². The highest BCUT2D eigenvalue weighted by Gasteiger charge is 2.10. The largest absolute Gasteiger partial charge is 0.491 e. The van der Waals surface area contributed by atoms with E-state index in [1.807, 2.05) is 0 Å². The summed E-state index contributed by atoms with van der Waals surface area (Å²) in [7, 11) is 1.69. The van der Waals surface area contributed by atoms with Gasteiger partial charge in [0.05, 0.1) is 15.6 Å². The molecule has 1 rings (SSSR count). The first-order valence-electron chi connectivity index (χ1n) is 6.43. The highest BCUT2D eigenvalue weighted by molar-refractivity contribution is 9.11. The fourth-order valence-corrected chi connectivity index (χ4v) is 3.20. The summed E-state index contributed by atoms with van der Waals surface area (Å²) in [5.74, 6) is 0.838. The Bertz CT molecular complexity index is 376. The van der Waals surface area contributed by atoms with Crippen molar-refractivity contribution in [3.05, 3.63) is 26.6 Å². The first-order valence-corrected chi connectivity index (χ1v) is 8.02. The standard InChI is InChI=1S/C14H21Br2NO2/c1-3-11(17)7-10-8-12(15)14(13(16)9-10)19-6-4-5-18-2/h8-9,11H,3-7,17H2,1-2H3. The third kappa shape index (κ3) is 5.81. The highest BCUT2D eigenvalue weighted by atomic mass is 79.9. The normalized spacial score (nSPS) is 12.5. The van der Waals surface area contributed by atoms with Crippen LogP contribution in [0.15, 0.2) is 21.1 Å². The van der Waals surface area contributed by atoms with Gasteiger partial charge >= 0.3 is 0 Å². The summed E-state index contributed by atoms with van der Waals surface area (Å²) in [6, 6.07) is 4.35. The topological polar surface area (TPSA) is 44.5 Å². The third-order valence-corrected chi connectivity index (χ3v) is 4.00. The van der Waals surface area contributed by atoms with E-state index in [0.717, 1.165) is 34.0 Å². The maximum Gasteiger partial charge on any atom is 0.147 e. The lowest BCUT2D eigenvalue weighted by molar-refractivity contribution is 0.171. The third-order valence-electron chi connectivity index (χ3n) is 2.82. The Morgan fingerprint density at radius 1 is 1.21 bits per heavy atom. The van der Waals surface area contributed by atoms with Crippen LogP contribution in [0.2, 0.25) is 0 Å². The molecule has 0 radical (unpaired) electrons. The number of methoxy groups -OCH3 is 1. The molecule has 0 spiro atoms. The summed E-state index contributed by atoms with van der Waals surface area (Å²) < 4.78 is 12.7. The number of ether oxygens (including phenoxy) is 2. The Kier molecular flexibility index (Phi) is 7.99. The predicted molar refractivity (Wildman–Crippen MR) is 85.8 cm³/mol. The van der Waals surface area contributed by atoms with Gasteiger partial charge in [-0.15, -0.1) is 0 Å². The van der Waals surface area contributed by atoms with E-state index in [0.29, 0.717) is 13.2 Å². The van der Waals surface area contributed by atoms with E-state index in [2.05, 4.69) is 50.9 Å². The summed E-state index contributed by atoms with van der Waals surface area (Å²) in [5.41, 5.74) is 7.19. The average Bonchev–Trinajstić information content (AvgIpc) is 2.37. The molecule has 0 aliphatic rings. The lowest BCUT2D eigenvalue weighted by atomic mass is 10.0. The molecule has 1 unspecified atom stereocenters. The van der Waals surface area contributed by atoms with Crippen molar-refractivity contribution in [2.45, 2.75) is 32.2 Å². The number of hydrogen-bond acceptors (Lipinski definition) is 3. The fourth-order valence-electron chi connectivity index (χ4n) is 1.69. The monoisotopic (exact) mass is 393 g/mol. The smallest absolute Gasteiger partial charge is 0.147 e. The van der Waals surface area contributed by atoms with Gasteiger partial charge in [-0.25, -0.2) is 0 Å². The highest BCUT2D eigenvalue weighted by Crippen LogP contribution is 2.35. The van der Waals surface area contributed by atoms with Crippen LogP contribution in [0, 0.1) is 0 Å². The molecular formula is C14H21Br2NO2. The number of benzene rings is 1. The molecule has 0 aliphatic carbocycles. The van der Waals surface area contributed by atoms with E-state index in [1.165, 1.54) is 5.56 Å². The molecule has 0 aromatic heterocycles. The number of hydrogen-bond donors (Lipinski definition) is 1. The van der Waals surface area contributed by atoms with Crippen molar-refractivity contribution in [2.24, 2.45) is 5.73 Å². The zero-order valence-electron chi connectivity index (χ0n) is 11.4. The van der Waals surface area contributed by atoms with Gasteiger partial charge in [0, 0.05) is 26.2 Å². The molecule has 1 atom stereocenters. The molecule has 2 N–H and O–H groups in total. The van der Waals surface area contributed by atoms with Gasteiger partial charge in [0.25, 0.3) is 0 Å². The number of rotatable bonds is 8. The Balaban J connectivity index is 2.68. The van der Waals surface area contributed by atoms with E-state index in [9.17, 15) is 0 Å². The lowest BCUT2D eigenvalue weighted by Crippen LogP contribution is -2.21. The zero-order valence-corrected chi connectivity index (χ0v) is 14.6. The van der Waals surface area contributed by atoms with Gasteiger partial charge in [-0.05, 0) is 62.4 Å². The zero-order chi connectivity index (χ0) is 14.3. The summed E-state index contributed by atoms with van der Waals surface area (Å²) in [6.07, 6.45) is 2.72. The Morgan fingerprint density at radius 3 is 2.37 bits per heavy atom. The molecule has 0 saturated carbocycles. The van der Waals surface area contributed by atoms with Crippen LogP contribution in [0.25, 0.3) is 0 Å². The van der Waals surface area contributed by atoms with Gasteiger partial charge in [-0.1, -0.05) is 6.92 Å². The summed E-state index contributed by atoms with van der Waals surface area (Å²) >= 11 is 7.10. The van der Waals surface area contributed by atoms with Crippen molar-refractivity contribution in [2.75, 3.05) is 20.3 Å². The van der Waals surface area contributed by atoms with E-state index in [4.69, 9.17) is 15.2 Å². The first kappa shape index (κ1) is 17.0. The van der Waals surface area contributed by atoms with Gasteiger partial charge in [0.2, 0.25) is 0 Å². The molecule has 1 aromatic rings. The predicted octanol–water partition coefficient (Wildman–Crippen LogP) is 3.91. The van der Waals surface area contributed by atoms with Crippen LogP contribution in [-0.4, -0.2) is 26.4 Å². The van der Waals surface area contributed by atoms with Crippen LogP contribution < -0.4 is 10.5 Å². The Morgan fingerprint density at radius 2 is 1.84 bits per heavy atom. The Hall–Kier alpha value is -0.100. The van der Waals surface area contributed by atoms with Crippen molar-refractivity contribution in [3.63, 3.8) is 0 Å². The van der Waals surface area contributed by atoms with Crippen molar-refractivity contribution in [3.8, 4) is 5.75 Å². The molecular weight excluding hydrogens is 374 g/mol. The van der Waals surface area contributed by atoms with Crippen LogP contribution in [-0.2, 0) is 11.2 Å². The van der Waals surface area contributed by atoms with Crippen LogP contribution in [0.3, 0.4) is 0 Å². The fraction of sp³-hybridized carbons (Fsp3) is 0.571. The molecule has 0 heterocycles. The molecule has 0 fully saturated rings. The molecule has 0 bridgehead atoms. The van der Waals surface area contributed by atoms with Crippen LogP contribution in [0.4, 0.5) is 0 Å². The van der Waals surface area contributed by atoms with Crippen LogP contribution in [0.5, 0.6) is 5.75 Å².